The van der Waals surface area contributed by atoms with Crippen molar-refractivity contribution in [2.45, 2.75) is 76.5 Å². The number of nitrogens with one attached hydrogen (secondary N) is 2. The fourth-order valence-electron chi connectivity index (χ4n) is 3.98. The first kappa shape index (κ1) is 23.4. The van der Waals surface area contributed by atoms with Crippen molar-refractivity contribution in [3.8, 4) is 0 Å². The molecule has 172 valence electrons. The zero-order valence-electron chi connectivity index (χ0n) is 18.2. The van der Waals surface area contributed by atoms with Gasteiger partial charge in [-0.15, -0.1) is 0 Å². The summed E-state index contributed by atoms with van der Waals surface area (Å²) in [6.45, 7) is 6.54. The summed E-state index contributed by atoms with van der Waals surface area (Å²) in [5.74, 6) is -1.13. The monoisotopic (exact) mass is 437 g/mol. The molecular weight excluding hydrogens is 405 g/mol. The molecule has 2 aliphatic heterocycles. The number of carbonyl (C=O) groups is 2. The number of piperidine rings is 2. The van der Waals surface area contributed by atoms with Crippen molar-refractivity contribution in [1.29, 1.82) is 0 Å². The van der Waals surface area contributed by atoms with E-state index in [1.54, 1.807) is 11.0 Å². The minimum atomic E-state index is -1.09. The number of rotatable bonds is 3. The average Bonchev–Trinajstić information content (AvgIpc) is 2.68. The number of hydrogen-bond donors (Lipinski definition) is 4. The van der Waals surface area contributed by atoms with Gasteiger partial charge < -0.3 is 25.2 Å². The Bertz CT molecular complexity index is 805. The summed E-state index contributed by atoms with van der Waals surface area (Å²) in [6.07, 6.45) is -0.108. The lowest BCUT2D eigenvalue weighted by molar-refractivity contribution is -0.0161. The van der Waals surface area contributed by atoms with E-state index in [-0.39, 0.29) is 17.6 Å². The van der Waals surface area contributed by atoms with E-state index in [4.69, 9.17) is 4.74 Å². The summed E-state index contributed by atoms with van der Waals surface area (Å²) in [5, 5.41) is 24.6. The van der Waals surface area contributed by atoms with E-state index < -0.39 is 35.8 Å². The summed E-state index contributed by atoms with van der Waals surface area (Å²) >= 11 is 0. The Balaban J connectivity index is 1.57. The number of nitrogens with zero attached hydrogens (tertiary/aromatic N) is 1. The molecule has 31 heavy (non-hydrogen) atoms. The lowest BCUT2D eigenvalue weighted by Gasteiger charge is -2.33. The zero-order valence-corrected chi connectivity index (χ0v) is 18.2. The average molecular weight is 438 g/mol. The van der Waals surface area contributed by atoms with Crippen LogP contribution in [0.5, 0.6) is 0 Å². The molecule has 2 aliphatic rings. The third-order valence-corrected chi connectivity index (χ3v) is 5.67. The molecule has 3 unspecified atom stereocenters. The minimum absolute atomic E-state index is 0.0896. The van der Waals surface area contributed by atoms with Gasteiger partial charge in [-0.25, -0.2) is 9.18 Å². The van der Waals surface area contributed by atoms with Crippen LogP contribution >= 0.6 is 0 Å². The molecule has 0 aromatic heterocycles. The van der Waals surface area contributed by atoms with Gasteiger partial charge in [-0.3, -0.25) is 10.1 Å². The van der Waals surface area contributed by atoms with E-state index in [1.165, 1.54) is 12.1 Å². The zero-order chi connectivity index (χ0) is 22.8. The number of aliphatic hydroxyl groups excluding tert-OH is 2. The Kier molecular flexibility index (Phi) is 7.18. The van der Waals surface area contributed by atoms with Crippen LogP contribution in [-0.2, 0) is 4.74 Å². The first-order valence-corrected chi connectivity index (χ1v) is 10.7. The second-order valence-corrected chi connectivity index (χ2v) is 9.27. The van der Waals surface area contributed by atoms with Crippen molar-refractivity contribution in [2.75, 3.05) is 13.1 Å². The Hall–Kier alpha value is -2.23. The van der Waals surface area contributed by atoms with E-state index in [1.807, 2.05) is 20.8 Å². The number of ether oxygens (including phenoxy) is 1. The molecule has 8 nitrogen and oxygen atoms in total. The van der Waals surface area contributed by atoms with Crippen LogP contribution in [0, 0.1) is 5.82 Å². The molecule has 0 bridgehead atoms. The Morgan fingerprint density at radius 1 is 1.16 bits per heavy atom. The lowest BCUT2D eigenvalue weighted by atomic mass is 9.89. The smallest absolute Gasteiger partial charge is 0.410 e. The molecule has 1 aromatic rings. The predicted molar refractivity (Wildman–Crippen MR) is 112 cm³/mol. The molecule has 1 aromatic carbocycles. The highest BCUT2D eigenvalue weighted by atomic mass is 19.1. The third-order valence-electron chi connectivity index (χ3n) is 5.67. The van der Waals surface area contributed by atoms with Gasteiger partial charge in [0.15, 0.2) is 0 Å². The summed E-state index contributed by atoms with van der Waals surface area (Å²) in [6, 6.07) is 3.97. The van der Waals surface area contributed by atoms with Gasteiger partial charge in [-0.05, 0) is 70.1 Å². The van der Waals surface area contributed by atoms with Crippen LogP contribution in [0.25, 0.3) is 0 Å². The third kappa shape index (κ3) is 6.15. The molecule has 2 saturated heterocycles. The molecule has 3 rings (SSSR count). The number of likely N-dealkylation sites (tertiary alicyclic amines) is 1. The highest BCUT2D eigenvalue weighted by Gasteiger charge is 2.30. The van der Waals surface area contributed by atoms with Gasteiger partial charge in [0.05, 0.1) is 11.6 Å². The van der Waals surface area contributed by atoms with E-state index in [9.17, 15) is 24.2 Å². The normalized spacial score (nSPS) is 25.2. The fourth-order valence-corrected chi connectivity index (χ4v) is 3.98. The first-order chi connectivity index (χ1) is 14.5. The van der Waals surface area contributed by atoms with Crippen LogP contribution in [-0.4, -0.2) is 64.3 Å². The quantitative estimate of drug-likeness (QED) is 0.576. The molecule has 3 atom stereocenters. The number of hydrogen-bond acceptors (Lipinski definition) is 6. The van der Waals surface area contributed by atoms with Gasteiger partial charge >= 0.3 is 6.09 Å². The molecule has 0 radical (unpaired) electrons. The van der Waals surface area contributed by atoms with Gasteiger partial charge in [0, 0.05) is 13.1 Å². The lowest BCUT2D eigenvalue weighted by Crippen LogP contribution is -2.56. The molecule has 0 aliphatic carbocycles. The van der Waals surface area contributed by atoms with Crippen LogP contribution in [0.4, 0.5) is 9.18 Å². The highest BCUT2D eigenvalue weighted by Crippen LogP contribution is 2.30. The summed E-state index contributed by atoms with van der Waals surface area (Å²) in [7, 11) is 0. The van der Waals surface area contributed by atoms with Crippen LogP contribution in [0.15, 0.2) is 18.2 Å². The van der Waals surface area contributed by atoms with Crippen molar-refractivity contribution < 1.29 is 28.9 Å². The van der Waals surface area contributed by atoms with Gasteiger partial charge in [-0.1, -0.05) is 6.07 Å². The number of amides is 2. The van der Waals surface area contributed by atoms with Crippen LogP contribution < -0.4 is 10.6 Å². The molecule has 0 saturated carbocycles. The molecule has 2 heterocycles. The van der Waals surface area contributed by atoms with Gasteiger partial charge in [0.1, 0.15) is 23.9 Å². The van der Waals surface area contributed by atoms with Crippen molar-refractivity contribution in [1.82, 2.24) is 15.5 Å². The highest BCUT2D eigenvalue weighted by molar-refractivity contribution is 5.94. The number of halogens is 1. The Morgan fingerprint density at radius 3 is 2.42 bits per heavy atom. The Morgan fingerprint density at radius 2 is 1.84 bits per heavy atom. The van der Waals surface area contributed by atoms with Crippen molar-refractivity contribution in [3.05, 3.63) is 35.1 Å². The predicted octanol–water partition coefficient (Wildman–Crippen LogP) is 2.06. The first-order valence-electron chi connectivity index (χ1n) is 10.7. The maximum atomic E-state index is 14.7. The Labute approximate surface area is 181 Å². The fraction of sp³-hybridized carbons (Fsp3) is 0.636. The number of aliphatic hydroxyl groups is 2. The molecule has 4 N–H and O–H groups in total. The number of benzene rings is 1. The second kappa shape index (κ2) is 9.50. The van der Waals surface area contributed by atoms with Crippen molar-refractivity contribution in [3.63, 3.8) is 0 Å². The summed E-state index contributed by atoms with van der Waals surface area (Å²) in [4.78, 5) is 26.3. The van der Waals surface area contributed by atoms with E-state index in [2.05, 4.69) is 10.6 Å². The van der Waals surface area contributed by atoms with Crippen molar-refractivity contribution >= 4 is 12.0 Å². The molecule has 0 spiro atoms. The van der Waals surface area contributed by atoms with E-state index in [0.717, 1.165) is 5.56 Å². The van der Waals surface area contributed by atoms with Crippen LogP contribution in [0.1, 0.15) is 68.3 Å². The standard InChI is InChI=1S/C22H32FN3O5/c1-22(2,3)31-21(30)26-10-8-13(9-11-26)14-4-5-15(16(23)12-14)19(28)24-17-6-7-18(27)25-20(17)29/h4-5,12-13,17-18,20,25,27,29H,6-11H2,1-3H3,(H,24,28). The SMILES string of the molecule is CC(C)(C)OC(=O)N1CCC(c2ccc(C(=O)NC3CCC(O)NC3O)c(F)c2)CC1. The number of carbonyl (C=O) groups excluding carboxylic acids is 2. The maximum absolute atomic E-state index is 14.7. The van der Waals surface area contributed by atoms with Crippen LogP contribution in [0.3, 0.4) is 0 Å². The van der Waals surface area contributed by atoms with Gasteiger partial charge in [0.2, 0.25) is 0 Å². The minimum Gasteiger partial charge on any atom is -0.444 e. The maximum Gasteiger partial charge on any atom is 0.410 e. The largest absolute Gasteiger partial charge is 0.444 e. The van der Waals surface area contributed by atoms with Gasteiger partial charge in [-0.2, -0.15) is 0 Å². The molecule has 2 fully saturated rings. The second-order valence-electron chi connectivity index (χ2n) is 9.27. The van der Waals surface area contributed by atoms with Gasteiger partial charge in [0.25, 0.3) is 5.91 Å². The summed E-state index contributed by atoms with van der Waals surface area (Å²) in [5.41, 5.74) is 0.158. The van der Waals surface area contributed by atoms with Crippen molar-refractivity contribution in [2.24, 2.45) is 0 Å². The molecule has 2 amide bonds. The van der Waals surface area contributed by atoms with Crippen LogP contribution in [0.2, 0.25) is 0 Å². The molecular formula is C22H32FN3O5. The topological polar surface area (TPSA) is 111 Å². The molecule has 9 heteroatoms. The van der Waals surface area contributed by atoms with E-state index in [0.29, 0.717) is 38.8 Å². The van der Waals surface area contributed by atoms with E-state index >= 15 is 0 Å². The summed E-state index contributed by atoms with van der Waals surface area (Å²) < 4.78 is 20.1.